The number of hydrogen-bond acceptors (Lipinski definition) is 4. The van der Waals surface area contributed by atoms with Crippen LogP contribution in [0.15, 0.2) is 79.4 Å². The number of nitrogens with zero attached hydrogens (tertiary/aromatic N) is 3. The number of allylic oxidation sites excluding steroid dienone is 1. The van der Waals surface area contributed by atoms with E-state index in [1.165, 1.54) is 11.3 Å². The molecule has 0 radical (unpaired) electrons. The van der Waals surface area contributed by atoms with Crippen molar-refractivity contribution < 1.29 is 4.74 Å². The number of rotatable bonds is 4. The van der Waals surface area contributed by atoms with Crippen LogP contribution in [0.5, 0.6) is 11.6 Å². The maximum atomic E-state index is 6.06. The quantitative estimate of drug-likeness (QED) is 0.471. The van der Waals surface area contributed by atoms with Crippen molar-refractivity contribution in [3.05, 3.63) is 84.9 Å². The molecule has 3 atom stereocenters. The van der Waals surface area contributed by atoms with Gasteiger partial charge >= 0.3 is 0 Å². The Morgan fingerprint density at radius 2 is 1.70 bits per heavy atom. The maximum Gasteiger partial charge on any atom is 0.221 e. The molecule has 0 saturated heterocycles. The van der Waals surface area contributed by atoms with Crippen LogP contribution in [-0.2, 0) is 0 Å². The molecule has 0 saturated carbocycles. The van der Waals surface area contributed by atoms with Crippen molar-refractivity contribution in [2.75, 3.05) is 9.80 Å². The van der Waals surface area contributed by atoms with Crippen LogP contribution in [0.3, 0.4) is 0 Å². The van der Waals surface area contributed by atoms with Crippen LogP contribution < -0.4 is 14.5 Å². The maximum absolute atomic E-state index is 6.06. The first-order chi connectivity index (χ1) is 14.6. The summed E-state index contributed by atoms with van der Waals surface area (Å²) in [5.41, 5.74) is 3.67. The lowest BCUT2D eigenvalue weighted by atomic mass is 9.80. The van der Waals surface area contributed by atoms with Gasteiger partial charge in [-0.15, -0.1) is 6.58 Å². The second kappa shape index (κ2) is 7.21. The molecule has 5 rings (SSSR count). The molecule has 0 aliphatic carbocycles. The third-order valence-corrected chi connectivity index (χ3v) is 6.25. The third kappa shape index (κ3) is 2.78. The average molecular weight is 398 g/mol. The number of ether oxygens (including phenoxy) is 1. The highest BCUT2D eigenvalue weighted by molar-refractivity contribution is 5.84. The zero-order valence-electron chi connectivity index (χ0n) is 17.7. The molecule has 0 amide bonds. The lowest BCUT2D eigenvalue weighted by molar-refractivity contribution is 0.377. The summed E-state index contributed by atoms with van der Waals surface area (Å²) in [5, 5.41) is 0. The number of benzene rings is 2. The highest BCUT2D eigenvalue weighted by Crippen LogP contribution is 2.54. The van der Waals surface area contributed by atoms with Crippen molar-refractivity contribution in [3.8, 4) is 11.6 Å². The standard InChI is InChI=1S/C26H27N3O/c1-5-20-18(4)26-28(17(2)3)23-15-16-24(30-19-11-7-6-8-12-19)27-25(23)29(26)22-14-10-9-13-21(20)22/h5-18,20,26H,1H2,2-4H3. The number of fused-ring (bicyclic) bond motifs is 5. The van der Waals surface area contributed by atoms with Gasteiger partial charge < -0.3 is 14.5 Å². The SMILES string of the molecule is C=CC1c2ccccc2N2c3nc(Oc4ccccc4)ccc3N(C(C)C)C2C1C. The van der Waals surface area contributed by atoms with E-state index in [1.807, 2.05) is 36.4 Å². The predicted octanol–water partition coefficient (Wildman–Crippen LogP) is 6.49. The molecule has 0 N–H and O–H groups in total. The summed E-state index contributed by atoms with van der Waals surface area (Å²) in [7, 11) is 0. The van der Waals surface area contributed by atoms with Gasteiger partial charge in [-0.2, -0.15) is 4.98 Å². The first-order valence-electron chi connectivity index (χ1n) is 10.6. The number of hydrogen-bond donors (Lipinski definition) is 0. The molecule has 3 unspecified atom stereocenters. The number of para-hydroxylation sites is 2. The van der Waals surface area contributed by atoms with Crippen LogP contribution >= 0.6 is 0 Å². The Kier molecular flexibility index (Phi) is 4.50. The highest BCUT2D eigenvalue weighted by Gasteiger charge is 2.48. The van der Waals surface area contributed by atoms with Crippen molar-refractivity contribution in [1.29, 1.82) is 0 Å². The van der Waals surface area contributed by atoms with E-state index < -0.39 is 0 Å². The van der Waals surface area contributed by atoms with Crippen molar-refractivity contribution in [2.24, 2.45) is 5.92 Å². The van der Waals surface area contributed by atoms with Crippen LogP contribution in [0.4, 0.5) is 17.2 Å². The Morgan fingerprint density at radius 1 is 0.967 bits per heavy atom. The molecule has 3 heterocycles. The Balaban J connectivity index is 1.66. The van der Waals surface area contributed by atoms with Gasteiger partial charge in [-0.1, -0.05) is 49.4 Å². The lowest BCUT2D eigenvalue weighted by Crippen LogP contribution is -2.52. The summed E-state index contributed by atoms with van der Waals surface area (Å²) in [6.45, 7) is 11.0. The van der Waals surface area contributed by atoms with Crippen molar-refractivity contribution >= 4 is 17.2 Å². The van der Waals surface area contributed by atoms with E-state index in [0.717, 1.165) is 17.3 Å². The molecular formula is C26H27N3O. The molecule has 3 aromatic rings. The Bertz CT molecular complexity index is 1080. The highest BCUT2D eigenvalue weighted by atomic mass is 16.5. The number of anilines is 3. The van der Waals surface area contributed by atoms with E-state index in [1.54, 1.807) is 0 Å². The summed E-state index contributed by atoms with van der Waals surface area (Å²) in [6, 6.07) is 22.9. The molecule has 2 aliphatic rings. The van der Waals surface area contributed by atoms with Crippen LogP contribution in [0.25, 0.3) is 0 Å². The number of aromatic nitrogens is 1. The van der Waals surface area contributed by atoms with Crippen LogP contribution in [0, 0.1) is 5.92 Å². The van der Waals surface area contributed by atoms with E-state index in [9.17, 15) is 0 Å². The fourth-order valence-electron chi connectivity index (χ4n) is 4.99. The molecule has 0 bridgehead atoms. The molecule has 1 aromatic heterocycles. The summed E-state index contributed by atoms with van der Waals surface area (Å²) in [5.74, 6) is 3.04. The van der Waals surface area contributed by atoms with Gasteiger partial charge in [0.05, 0.1) is 5.69 Å². The summed E-state index contributed by atoms with van der Waals surface area (Å²) < 4.78 is 6.06. The summed E-state index contributed by atoms with van der Waals surface area (Å²) in [6.07, 6.45) is 2.29. The fourth-order valence-corrected chi connectivity index (χ4v) is 4.99. The molecule has 4 nitrogen and oxygen atoms in total. The van der Waals surface area contributed by atoms with E-state index >= 15 is 0 Å². The molecule has 30 heavy (non-hydrogen) atoms. The smallest absolute Gasteiger partial charge is 0.221 e. The first-order valence-corrected chi connectivity index (χ1v) is 10.6. The zero-order chi connectivity index (χ0) is 20.8. The van der Waals surface area contributed by atoms with Gasteiger partial charge in [0, 0.05) is 29.6 Å². The minimum atomic E-state index is 0.192. The van der Waals surface area contributed by atoms with Gasteiger partial charge in [0.15, 0.2) is 5.82 Å². The van der Waals surface area contributed by atoms with Crippen molar-refractivity contribution in [1.82, 2.24) is 4.98 Å². The second-order valence-corrected chi connectivity index (χ2v) is 8.37. The minimum absolute atomic E-state index is 0.192. The van der Waals surface area contributed by atoms with E-state index in [-0.39, 0.29) is 6.17 Å². The average Bonchev–Trinajstić information content (AvgIpc) is 3.10. The number of pyridine rings is 1. The zero-order valence-corrected chi connectivity index (χ0v) is 17.7. The molecule has 0 spiro atoms. The normalized spacial score (nSPS) is 21.8. The molecule has 2 aliphatic heterocycles. The molecule has 152 valence electrons. The largest absolute Gasteiger partial charge is 0.439 e. The van der Waals surface area contributed by atoms with E-state index in [0.29, 0.717) is 23.8 Å². The Morgan fingerprint density at radius 3 is 2.43 bits per heavy atom. The van der Waals surface area contributed by atoms with E-state index in [4.69, 9.17) is 9.72 Å². The van der Waals surface area contributed by atoms with Crippen molar-refractivity contribution in [3.63, 3.8) is 0 Å². The molecule has 0 fully saturated rings. The van der Waals surface area contributed by atoms with Gasteiger partial charge in [0.25, 0.3) is 0 Å². The predicted molar refractivity (Wildman–Crippen MR) is 123 cm³/mol. The second-order valence-electron chi connectivity index (χ2n) is 8.37. The van der Waals surface area contributed by atoms with Gasteiger partial charge in [-0.3, -0.25) is 0 Å². The Hall–Kier alpha value is -3.27. The van der Waals surface area contributed by atoms with Gasteiger partial charge in [0.2, 0.25) is 5.88 Å². The topological polar surface area (TPSA) is 28.6 Å². The fraction of sp³-hybridized carbons (Fsp3) is 0.269. The molecule has 2 aromatic carbocycles. The Labute approximate surface area is 178 Å². The van der Waals surface area contributed by atoms with Gasteiger partial charge in [0.1, 0.15) is 11.9 Å². The minimum Gasteiger partial charge on any atom is -0.439 e. The van der Waals surface area contributed by atoms with Crippen LogP contribution in [-0.4, -0.2) is 17.2 Å². The van der Waals surface area contributed by atoms with Crippen molar-refractivity contribution in [2.45, 2.75) is 38.9 Å². The lowest BCUT2D eigenvalue weighted by Gasteiger charge is -2.46. The summed E-state index contributed by atoms with van der Waals surface area (Å²) >= 11 is 0. The van der Waals surface area contributed by atoms with Gasteiger partial charge in [-0.05, 0) is 43.7 Å². The first kappa shape index (κ1) is 18.7. The molecular weight excluding hydrogens is 370 g/mol. The van der Waals surface area contributed by atoms with Crippen LogP contribution in [0.2, 0.25) is 0 Å². The van der Waals surface area contributed by atoms with Crippen LogP contribution in [0.1, 0.15) is 32.3 Å². The van der Waals surface area contributed by atoms with E-state index in [2.05, 4.69) is 73.6 Å². The summed E-state index contributed by atoms with van der Waals surface area (Å²) in [4.78, 5) is 9.87. The monoisotopic (exact) mass is 397 g/mol. The molecule has 4 heteroatoms. The van der Waals surface area contributed by atoms with Gasteiger partial charge in [-0.25, -0.2) is 0 Å². The third-order valence-electron chi connectivity index (χ3n) is 6.25.